The Hall–Kier alpha value is -3.80. The van der Waals surface area contributed by atoms with Crippen molar-refractivity contribution in [1.82, 2.24) is 4.98 Å². The molecule has 4 aromatic rings. The van der Waals surface area contributed by atoms with E-state index in [1.54, 1.807) is 43.5 Å². The molecule has 1 aromatic heterocycles. The topological polar surface area (TPSA) is 73.6 Å². The summed E-state index contributed by atoms with van der Waals surface area (Å²) in [6, 6.07) is 19.9. The van der Waals surface area contributed by atoms with Crippen LogP contribution in [0.2, 0.25) is 0 Å². The molecule has 1 N–H and O–H groups in total. The van der Waals surface area contributed by atoms with Crippen LogP contribution in [0, 0.1) is 0 Å². The first-order valence-electron chi connectivity index (χ1n) is 9.25. The minimum atomic E-state index is -0.220. The normalized spacial score (nSPS) is 10.7. The minimum absolute atomic E-state index is 0.220. The molecule has 0 bridgehead atoms. The molecule has 6 nitrogen and oxygen atoms in total. The number of rotatable bonds is 6. The molecule has 1 heterocycles. The SMILES string of the molecule is CCOc1cccc(C(=O)Nc2ccc3oc(-c4cccc(OC)c4)nc3c2)c1. The lowest BCUT2D eigenvalue weighted by Gasteiger charge is -2.07. The van der Waals surface area contributed by atoms with Crippen molar-refractivity contribution in [1.29, 1.82) is 0 Å². The number of carbonyl (C=O) groups is 1. The van der Waals surface area contributed by atoms with Crippen LogP contribution >= 0.6 is 0 Å². The van der Waals surface area contributed by atoms with Gasteiger partial charge in [-0.15, -0.1) is 0 Å². The smallest absolute Gasteiger partial charge is 0.255 e. The molecule has 0 aliphatic rings. The standard InChI is InChI=1S/C23H20N2O4/c1-3-28-19-9-4-6-15(12-19)22(26)24-17-10-11-21-20(14-17)25-23(29-21)16-7-5-8-18(13-16)27-2/h4-14H,3H2,1-2H3,(H,24,26). The van der Waals surface area contributed by atoms with Crippen LogP contribution in [-0.4, -0.2) is 24.6 Å². The van der Waals surface area contributed by atoms with Gasteiger partial charge in [0, 0.05) is 16.8 Å². The van der Waals surface area contributed by atoms with Crippen molar-refractivity contribution in [3.8, 4) is 23.0 Å². The molecule has 0 spiro atoms. The largest absolute Gasteiger partial charge is 0.497 e. The second kappa shape index (κ2) is 8.06. The fourth-order valence-corrected chi connectivity index (χ4v) is 2.98. The molecular weight excluding hydrogens is 368 g/mol. The van der Waals surface area contributed by atoms with Gasteiger partial charge in [0.05, 0.1) is 13.7 Å². The van der Waals surface area contributed by atoms with E-state index in [4.69, 9.17) is 13.9 Å². The molecule has 29 heavy (non-hydrogen) atoms. The first-order chi connectivity index (χ1) is 14.2. The van der Waals surface area contributed by atoms with E-state index in [-0.39, 0.29) is 5.91 Å². The molecule has 0 aliphatic heterocycles. The molecule has 3 aromatic carbocycles. The Labute approximate surface area is 168 Å². The van der Waals surface area contributed by atoms with E-state index in [2.05, 4.69) is 10.3 Å². The quantitative estimate of drug-likeness (QED) is 0.494. The van der Waals surface area contributed by atoms with E-state index >= 15 is 0 Å². The van der Waals surface area contributed by atoms with Gasteiger partial charge in [-0.2, -0.15) is 0 Å². The van der Waals surface area contributed by atoms with Gasteiger partial charge in [-0.05, 0) is 61.5 Å². The molecule has 0 radical (unpaired) electrons. The third kappa shape index (κ3) is 4.06. The number of nitrogens with zero attached hydrogens (tertiary/aromatic N) is 1. The number of oxazole rings is 1. The number of anilines is 1. The van der Waals surface area contributed by atoms with Crippen LogP contribution in [0.4, 0.5) is 5.69 Å². The van der Waals surface area contributed by atoms with E-state index < -0.39 is 0 Å². The molecule has 1 amide bonds. The summed E-state index contributed by atoms with van der Waals surface area (Å²) in [5.41, 5.74) is 3.27. The highest BCUT2D eigenvalue weighted by Gasteiger charge is 2.12. The molecule has 146 valence electrons. The van der Waals surface area contributed by atoms with Crippen molar-refractivity contribution in [2.75, 3.05) is 19.0 Å². The number of fused-ring (bicyclic) bond motifs is 1. The van der Waals surface area contributed by atoms with Gasteiger partial charge in [-0.1, -0.05) is 12.1 Å². The van der Waals surface area contributed by atoms with Crippen molar-refractivity contribution in [2.45, 2.75) is 6.92 Å². The maximum atomic E-state index is 12.6. The fraction of sp³-hybridized carbons (Fsp3) is 0.130. The predicted octanol–water partition coefficient (Wildman–Crippen LogP) is 5.15. The van der Waals surface area contributed by atoms with Crippen LogP contribution < -0.4 is 14.8 Å². The van der Waals surface area contributed by atoms with Crippen molar-refractivity contribution in [3.63, 3.8) is 0 Å². The molecule has 0 fully saturated rings. The highest BCUT2D eigenvalue weighted by molar-refractivity contribution is 6.05. The van der Waals surface area contributed by atoms with Gasteiger partial charge >= 0.3 is 0 Å². The average Bonchev–Trinajstić information content (AvgIpc) is 3.18. The van der Waals surface area contributed by atoms with Crippen molar-refractivity contribution < 1.29 is 18.7 Å². The summed E-state index contributed by atoms with van der Waals surface area (Å²) >= 11 is 0. The number of hydrogen-bond donors (Lipinski definition) is 1. The van der Waals surface area contributed by atoms with Gasteiger partial charge < -0.3 is 19.2 Å². The van der Waals surface area contributed by atoms with Gasteiger partial charge in [0.15, 0.2) is 5.58 Å². The van der Waals surface area contributed by atoms with Crippen LogP contribution in [-0.2, 0) is 0 Å². The van der Waals surface area contributed by atoms with Crippen molar-refractivity contribution in [3.05, 3.63) is 72.3 Å². The number of nitrogens with one attached hydrogen (secondary N) is 1. The molecule has 0 unspecified atom stereocenters. The second-order valence-electron chi connectivity index (χ2n) is 6.35. The van der Waals surface area contributed by atoms with Crippen LogP contribution in [0.3, 0.4) is 0 Å². The lowest BCUT2D eigenvalue weighted by molar-refractivity contribution is 0.102. The van der Waals surface area contributed by atoms with Crippen LogP contribution in [0.25, 0.3) is 22.6 Å². The monoisotopic (exact) mass is 388 g/mol. The number of ether oxygens (including phenoxy) is 2. The van der Waals surface area contributed by atoms with Crippen LogP contribution in [0.5, 0.6) is 11.5 Å². The second-order valence-corrected chi connectivity index (χ2v) is 6.35. The fourth-order valence-electron chi connectivity index (χ4n) is 2.98. The van der Waals surface area contributed by atoms with Crippen molar-refractivity contribution in [2.24, 2.45) is 0 Å². The summed E-state index contributed by atoms with van der Waals surface area (Å²) in [7, 11) is 1.62. The number of hydrogen-bond acceptors (Lipinski definition) is 5. The molecule has 0 saturated heterocycles. The first-order valence-corrected chi connectivity index (χ1v) is 9.25. The summed E-state index contributed by atoms with van der Waals surface area (Å²) in [4.78, 5) is 17.1. The van der Waals surface area contributed by atoms with Crippen LogP contribution in [0.1, 0.15) is 17.3 Å². The Bertz CT molecular complexity index is 1170. The van der Waals surface area contributed by atoms with Gasteiger partial charge in [0.25, 0.3) is 5.91 Å². The Kier molecular flexibility index (Phi) is 5.16. The third-order valence-corrected chi connectivity index (χ3v) is 4.37. The Morgan fingerprint density at radius 3 is 2.69 bits per heavy atom. The highest BCUT2D eigenvalue weighted by atomic mass is 16.5. The molecule has 0 saturated carbocycles. The average molecular weight is 388 g/mol. The third-order valence-electron chi connectivity index (χ3n) is 4.37. The van der Waals surface area contributed by atoms with Gasteiger partial charge in [-0.25, -0.2) is 4.98 Å². The van der Waals surface area contributed by atoms with Crippen LogP contribution in [0.15, 0.2) is 71.1 Å². The molecule has 6 heteroatoms. The maximum Gasteiger partial charge on any atom is 0.255 e. The Balaban J connectivity index is 1.57. The lowest BCUT2D eigenvalue weighted by Crippen LogP contribution is -2.11. The summed E-state index contributed by atoms with van der Waals surface area (Å²) < 4.78 is 16.6. The molecule has 0 aliphatic carbocycles. The van der Waals surface area contributed by atoms with Gasteiger partial charge in [0.1, 0.15) is 17.0 Å². The Morgan fingerprint density at radius 2 is 1.86 bits per heavy atom. The molecule has 0 atom stereocenters. The summed E-state index contributed by atoms with van der Waals surface area (Å²) in [6.07, 6.45) is 0. The zero-order valence-electron chi connectivity index (χ0n) is 16.1. The van der Waals surface area contributed by atoms with Crippen molar-refractivity contribution >= 4 is 22.7 Å². The van der Waals surface area contributed by atoms with E-state index in [0.717, 1.165) is 11.3 Å². The van der Waals surface area contributed by atoms with E-state index in [9.17, 15) is 4.79 Å². The van der Waals surface area contributed by atoms with E-state index in [1.165, 1.54) is 0 Å². The predicted molar refractivity (Wildman–Crippen MR) is 112 cm³/mol. The van der Waals surface area contributed by atoms with E-state index in [0.29, 0.717) is 40.6 Å². The molecular formula is C23H20N2O4. The molecule has 4 rings (SSSR count). The summed E-state index contributed by atoms with van der Waals surface area (Å²) in [5.74, 6) is 1.66. The highest BCUT2D eigenvalue weighted by Crippen LogP contribution is 2.28. The Morgan fingerprint density at radius 1 is 1.03 bits per heavy atom. The number of benzene rings is 3. The van der Waals surface area contributed by atoms with Gasteiger partial charge in [-0.3, -0.25) is 4.79 Å². The number of carbonyl (C=O) groups excluding carboxylic acids is 1. The zero-order valence-corrected chi connectivity index (χ0v) is 16.1. The minimum Gasteiger partial charge on any atom is -0.497 e. The zero-order chi connectivity index (χ0) is 20.2. The summed E-state index contributed by atoms with van der Waals surface area (Å²) in [5, 5.41) is 2.89. The lowest BCUT2D eigenvalue weighted by atomic mass is 10.2. The number of aromatic nitrogens is 1. The van der Waals surface area contributed by atoms with E-state index in [1.807, 2.05) is 37.3 Å². The van der Waals surface area contributed by atoms with Gasteiger partial charge in [0.2, 0.25) is 5.89 Å². The maximum absolute atomic E-state index is 12.6. The number of methoxy groups -OCH3 is 1. The summed E-state index contributed by atoms with van der Waals surface area (Å²) in [6.45, 7) is 2.45. The number of amides is 1. The first kappa shape index (κ1) is 18.6.